The quantitative estimate of drug-likeness (QED) is 0.479. The molecule has 0 spiro atoms. The van der Waals surface area contributed by atoms with Crippen LogP contribution in [0.2, 0.25) is 5.02 Å². The minimum atomic E-state index is -0.547. The Morgan fingerprint density at radius 2 is 1.78 bits per heavy atom. The zero-order valence-electron chi connectivity index (χ0n) is 14.7. The van der Waals surface area contributed by atoms with Crippen LogP contribution < -0.4 is 15.0 Å². The topological polar surface area (TPSA) is 58.6 Å². The first-order chi connectivity index (χ1) is 12.9. The van der Waals surface area contributed by atoms with Crippen LogP contribution in [-0.4, -0.2) is 23.0 Å². The highest BCUT2D eigenvalue weighted by atomic mass is 35.5. The maximum Gasteiger partial charge on any atom is 0.270 e. The summed E-state index contributed by atoms with van der Waals surface area (Å²) in [5.74, 6) is -0.466. The van der Waals surface area contributed by atoms with Gasteiger partial charge in [-0.3, -0.25) is 19.8 Å². The number of ether oxygens (including phenoxy) is 1. The molecule has 1 aliphatic rings. The average molecular weight is 401 g/mol. The summed E-state index contributed by atoms with van der Waals surface area (Å²) in [6, 6.07) is 13.8. The molecule has 2 aromatic carbocycles. The van der Waals surface area contributed by atoms with Gasteiger partial charge < -0.3 is 4.74 Å². The van der Waals surface area contributed by atoms with Crippen molar-refractivity contribution in [3.05, 3.63) is 64.7 Å². The maximum atomic E-state index is 13.0. The molecule has 1 aliphatic heterocycles. The highest BCUT2D eigenvalue weighted by molar-refractivity contribution is 7.80. The number of hydrogen-bond donors (Lipinski definition) is 1. The number of halogens is 1. The van der Waals surface area contributed by atoms with Crippen LogP contribution in [0.15, 0.2) is 54.1 Å². The number of carbonyl (C=O) groups excluding carboxylic acids is 2. The lowest BCUT2D eigenvalue weighted by atomic mass is 10.1. The van der Waals surface area contributed by atoms with Gasteiger partial charge in [-0.25, -0.2) is 0 Å². The van der Waals surface area contributed by atoms with E-state index >= 15 is 0 Å². The van der Waals surface area contributed by atoms with Gasteiger partial charge in [0, 0.05) is 10.6 Å². The SMILES string of the molecule is CC(C)Oc1ccccc1/C=C1/C(=O)NC(=S)N(c2ccc(Cl)cc2)C1=O. The van der Waals surface area contributed by atoms with Crippen molar-refractivity contribution < 1.29 is 14.3 Å². The van der Waals surface area contributed by atoms with E-state index in [1.54, 1.807) is 36.4 Å². The molecule has 27 heavy (non-hydrogen) atoms. The Kier molecular flexibility index (Phi) is 5.58. The minimum Gasteiger partial charge on any atom is -0.490 e. The van der Waals surface area contributed by atoms with Crippen molar-refractivity contribution >= 4 is 52.5 Å². The highest BCUT2D eigenvalue weighted by Gasteiger charge is 2.34. The number of anilines is 1. The molecule has 0 saturated carbocycles. The molecule has 1 fully saturated rings. The lowest BCUT2D eigenvalue weighted by Crippen LogP contribution is -2.54. The van der Waals surface area contributed by atoms with Crippen molar-refractivity contribution in [1.29, 1.82) is 0 Å². The van der Waals surface area contributed by atoms with Gasteiger partial charge >= 0.3 is 0 Å². The molecule has 3 rings (SSSR count). The second-order valence-corrected chi connectivity index (χ2v) is 6.96. The molecule has 1 saturated heterocycles. The fraction of sp³-hybridized carbons (Fsp3) is 0.150. The zero-order valence-corrected chi connectivity index (χ0v) is 16.3. The van der Waals surface area contributed by atoms with Gasteiger partial charge in [-0.2, -0.15) is 0 Å². The van der Waals surface area contributed by atoms with Crippen molar-refractivity contribution in [2.75, 3.05) is 4.90 Å². The number of nitrogens with one attached hydrogen (secondary N) is 1. The Morgan fingerprint density at radius 3 is 2.44 bits per heavy atom. The number of amides is 2. The van der Waals surface area contributed by atoms with Crippen LogP contribution in [0.1, 0.15) is 19.4 Å². The van der Waals surface area contributed by atoms with Gasteiger partial charge in [-0.1, -0.05) is 29.8 Å². The lowest BCUT2D eigenvalue weighted by molar-refractivity contribution is -0.122. The molecule has 138 valence electrons. The van der Waals surface area contributed by atoms with Crippen LogP contribution in [0.5, 0.6) is 5.75 Å². The summed E-state index contributed by atoms with van der Waals surface area (Å²) < 4.78 is 5.76. The maximum absolute atomic E-state index is 13.0. The summed E-state index contributed by atoms with van der Waals surface area (Å²) in [6.45, 7) is 3.81. The summed E-state index contributed by atoms with van der Waals surface area (Å²) in [4.78, 5) is 26.7. The summed E-state index contributed by atoms with van der Waals surface area (Å²) in [5, 5.41) is 3.12. The molecule has 0 radical (unpaired) electrons. The molecule has 7 heteroatoms. The van der Waals surface area contributed by atoms with E-state index in [1.165, 1.54) is 11.0 Å². The van der Waals surface area contributed by atoms with Gasteiger partial charge in [0.1, 0.15) is 11.3 Å². The lowest BCUT2D eigenvalue weighted by Gasteiger charge is -2.29. The number of benzene rings is 2. The van der Waals surface area contributed by atoms with Crippen LogP contribution in [0.4, 0.5) is 5.69 Å². The summed E-state index contributed by atoms with van der Waals surface area (Å²) in [6.07, 6.45) is 1.47. The van der Waals surface area contributed by atoms with Crippen molar-refractivity contribution in [2.24, 2.45) is 0 Å². The molecular formula is C20H17ClN2O3S. The smallest absolute Gasteiger partial charge is 0.270 e. The largest absolute Gasteiger partial charge is 0.490 e. The number of carbonyl (C=O) groups is 2. The standard InChI is InChI=1S/C20H17ClN2O3S/c1-12(2)26-17-6-4-3-5-13(17)11-16-18(24)22-20(27)23(19(16)25)15-9-7-14(21)8-10-15/h3-12H,1-2H3,(H,22,24,27)/b16-11-. The third-order valence-electron chi connectivity index (χ3n) is 3.77. The summed E-state index contributed by atoms with van der Waals surface area (Å²) in [5.41, 5.74) is 1.12. The second-order valence-electron chi connectivity index (χ2n) is 6.14. The average Bonchev–Trinajstić information content (AvgIpc) is 2.61. The van der Waals surface area contributed by atoms with Gasteiger partial charge in [0.15, 0.2) is 5.11 Å². The highest BCUT2D eigenvalue weighted by Crippen LogP contribution is 2.26. The number of para-hydroxylation sites is 1. The third kappa shape index (κ3) is 4.18. The van der Waals surface area contributed by atoms with Crippen LogP contribution in [0.3, 0.4) is 0 Å². The number of hydrogen-bond acceptors (Lipinski definition) is 4. The molecule has 2 amide bonds. The van der Waals surface area contributed by atoms with Gasteiger partial charge in [-0.05, 0) is 62.5 Å². The van der Waals surface area contributed by atoms with E-state index < -0.39 is 11.8 Å². The zero-order chi connectivity index (χ0) is 19.6. The summed E-state index contributed by atoms with van der Waals surface area (Å²) in [7, 11) is 0. The van der Waals surface area contributed by atoms with Crippen LogP contribution in [0.25, 0.3) is 6.08 Å². The Morgan fingerprint density at radius 1 is 1.11 bits per heavy atom. The first-order valence-electron chi connectivity index (χ1n) is 8.29. The van der Waals surface area contributed by atoms with E-state index in [0.717, 1.165) is 0 Å². The van der Waals surface area contributed by atoms with Crippen LogP contribution >= 0.6 is 23.8 Å². The van der Waals surface area contributed by atoms with Crippen molar-refractivity contribution in [2.45, 2.75) is 20.0 Å². The normalized spacial score (nSPS) is 16.1. The van der Waals surface area contributed by atoms with E-state index in [0.29, 0.717) is 22.0 Å². The van der Waals surface area contributed by atoms with Gasteiger partial charge in [0.05, 0.1) is 11.8 Å². The fourth-order valence-corrected chi connectivity index (χ4v) is 3.01. The predicted octanol–water partition coefficient (Wildman–Crippen LogP) is 3.96. The van der Waals surface area contributed by atoms with Gasteiger partial charge in [0.2, 0.25) is 0 Å². The molecule has 0 aliphatic carbocycles. The van der Waals surface area contributed by atoms with E-state index in [4.69, 9.17) is 28.6 Å². The number of nitrogens with zero attached hydrogens (tertiary/aromatic N) is 1. The van der Waals surface area contributed by atoms with Crippen molar-refractivity contribution in [3.63, 3.8) is 0 Å². The fourth-order valence-electron chi connectivity index (χ4n) is 2.60. The Balaban J connectivity index is 2.01. The second kappa shape index (κ2) is 7.90. The first kappa shape index (κ1) is 19.1. The first-order valence-corrected chi connectivity index (χ1v) is 9.08. The van der Waals surface area contributed by atoms with Gasteiger partial charge in [0.25, 0.3) is 11.8 Å². The minimum absolute atomic E-state index is 0.0242. The predicted molar refractivity (Wildman–Crippen MR) is 110 cm³/mol. The molecule has 1 N–H and O–H groups in total. The summed E-state index contributed by atoms with van der Waals surface area (Å²) >= 11 is 11.1. The van der Waals surface area contributed by atoms with Crippen molar-refractivity contribution in [3.8, 4) is 5.75 Å². The molecule has 0 bridgehead atoms. The molecule has 0 atom stereocenters. The molecule has 5 nitrogen and oxygen atoms in total. The molecule has 0 aromatic heterocycles. The van der Waals surface area contributed by atoms with Gasteiger partial charge in [-0.15, -0.1) is 0 Å². The van der Waals surface area contributed by atoms with E-state index in [9.17, 15) is 9.59 Å². The Hall–Kier alpha value is -2.70. The van der Waals surface area contributed by atoms with E-state index in [1.807, 2.05) is 26.0 Å². The Bertz CT molecular complexity index is 938. The van der Waals surface area contributed by atoms with E-state index in [-0.39, 0.29) is 16.8 Å². The Labute approximate surface area is 167 Å². The molecular weight excluding hydrogens is 384 g/mol. The van der Waals surface area contributed by atoms with E-state index in [2.05, 4.69) is 5.32 Å². The number of rotatable bonds is 4. The number of thiocarbonyl (C=S) groups is 1. The van der Waals surface area contributed by atoms with Crippen molar-refractivity contribution in [1.82, 2.24) is 5.32 Å². The third-order valence-corrected chi connectivity index (χ3v) is 4.30. The van der Waals surface area contributed by atoms with Crippen LogP contribution in [0, 0.1) is 0 Å². The van der Waals surface area contributed by atoms with Crippen LogP contribution in [-0.2, 0) is 9.59 Å². The molecule has 0 unspecified atom stereocenters. The monoisotopic (exact) mass is 400 g/mol. The molecule has 2 aromatic rings. The molecule has 1 heterocycles.